The molecule has 0 saturated heterocycles. The van der Waals surface area contributed by atoms with E-state index in [1.807, 2.05) is 0 Å². The monoisotopic (exact) mass is 376 g/mol. The largest absolute Gasteiger partial charge is 0.460 e. The number of rotatable bonds is 4. The second kappa shape index (κ2) is 6.47. The van der Waals surface area contributed by atoms with Gasteiger partial charge in [0, 0.05) is 11.8 Å². The summed E-state index contributed by atoms with van der Waals surface area (Å²) in [6, 6.07) is 17.5. The molecule has 0 saturated carbocycles. The van der Waals surface area contributed by atoms with Crippen molar-refractivity contribution in [3.8, 4) is 0 Å². The topological polar surface area (TPSA) is 26.3 Å². The average Bonchev–Trinajstić information content (AvgIpc) is 3.02. The predicted octanol–water partition coefficient (Wildman–Crippen LogP) is 6.05. The van der Waals surface area contributed by atoms with Crippen LogP contribution in [0.3, 0.4) is 0 Å². The molecule has 0 aromatic heterocycles. The van der Waals surface area contributed by atoms with Gasteiger partial charge in [-0.3, -0.25) is 4.79 Å². The van der Waals surface area contributed by atoms with Crippen LogP contribution in [0.5, 0.6) is 0 Å². The van der Waals surface area contributed by atoms with Crippen molar-refractivity contribution in [3.05, 3.63) is 70.8 Å². The summed E-state index contributed by atoms with van der Waals surface area (Å²) >= 11 is 0. The van der Waals surface area contributed by atoms with Gasteiger partial charge in [-0.05, 0) is 40.5 Å². The van der Waals surface area contributed by atoms with Gasteiger partial charge in [0.05, 0.1) is 5.41 Å². The standard InChI is InChI=1S/C26H32O2/c1-6-7-16-22(27)28-23-25(4,5)19-13-9-11-15-21(19)26(23)17-24(2,3)18-12-8-10-14-20(18)26/h8-15,23H,6-7,16-17H2,1-5H3. The van der Waals surface area contributed by atoms with Crippen molar-refractivity contribution in [1.29, 1.82) is 0 Å². The first-order chi connectivity index (χ1) is 13.2. The smallest absolute Gasteiger partial charge is 0.306 e. The Morgan fingerprint density at radius 2 is 1.46 bits per heavy atom. The average molecular weight is 377 g/mol. The lowest BCUT2D eigenvalue weighted by Gasteiger charge is -2.39. The fourth-order valence-corrected chi connectivity index (χ4v) is 5.92. The number of ether oxygens (including phenoxy) is 1. The minimum atomic E-state index is -0.276. The lowest BCUT2D eigenvalue weighted by atomic mass is 9.70. The number of fused-ring (bicyclic) bond motifs is 4. The Morgan fingerprint density at radius 1 is 0.929 bits per heavy atom. The molecule has 0 aliphatic heterocycles. The van der Waals surface area contributed by atoms with Gasteiger partial charge in [-0.15, -0.1) is 0 Å². The van der Waals surface area contributed by atoms with Crippen molar-refractivity contribution >= 4 is 5.97 Å². The number of unbranched alkanes of at least 4 members (excludes halogenated alkanes) is 1. The van der Waals surface area contributed by atoms with Crippen molar-refractivity contribution in [2.75, 3.05) is 0 Å². The van der Waals surface area contributed by atoms with Crippen LogP contribution in [0.15, 0.2) is 48.5 Å². The lowest BCUT2D eigenvalue weighted by molar-refractivity contribution is -0.155. The van der Waals surface area contributed by atoms with Gasteiger partial charge in [-0.2, -0.15) is 0 Å². The van der Waals surface area contributed by atoms with Crippen LogP contribution >= 0.6 is 0 Å². The van der Waals surface area contributed by atoms with E-state index in [4.69, 9.17) is 4.74 Å². The summed E-state index contributed by atoms with van der Waals surface area (Å²) in [5, 5.41) is 0. The van der Waals surface area contributed by atoms with E-state index in [0.717, 1.165) is 19.3 Å². The summed E-state index contributed by atoms with van der Waals surface area (Å²) in [4.78, 5) is 12.8. The highest BCUT2D eigenvalue weighted by Gasteiger charge is 2.64. The molecule has 2 aromatic rings. The molecule has 28 heavy (non-hydrogen) atoms. The number of hydrogen-bond donors (Lipinski definition) is 0. The van der Waals surface area contributed by atoms with E-state index < -0.39 is 0 Å². The summed E-state index contributed by atoms with van der Waals surface area (Å²) < 4.78 is 6.36. The zero-order chi connectivity index (χ0) is 20.2. The highest BCUT2D eigenvalue weighted by molar-refractivity contribution is 5.71. The Bertz CT molecular complexity index is 895. The molecular formula is C26H32O2. The van der Waals surface area contributed by atoms with Crippen LogP contribution < -0.4 is 0 Å². The van der Waals surface area contributed by atoms with E-state index in [1.165, 1.54) is 22.3 Å². The van der Waals surface area contributed by atoms with E-state index in [-0.39, 0.29) is 28.3 Å². The highest BCUT2D eigenvalue weighted by Crippen LogP contribution is 2.63. The normalized spacial score (nSPS) is 26.1. The molecule has 0 fully saturated rings. The molecular weight excluding hydrogens is 344 g/mol. The SMILES string of the molecule is CCCCC(=O)OC1C(C)(C)c2ccccc2C12CC(C)(C)c1ccccc12. The van der Waals surface area contributed by atoms with Crippen molar-refractivity contribution in [2.24, 2.45) is 0 Å². The minimum absolute atomic E-state index is 0.0399. The Labute approximate surface area is 169 Å². The van der Waals surface area contributed by atoms with Crippen molar-refractivity contribution < 1.29 is 9.53 Å². The molecule has 0 amide bonds. The highest BCUT2D eigenvalue weighted by atomic mass is 16.5. The maximum absolute atomic E-state index is 12.8. The van der Waals surface area contributed by atoms with E-state index in [2.05, 4.69) is 83.1 Å². The van der Waals surface area contributed by atoms with Crippen LogP contribution in [0.1, 0.15) is 82.6 Å². The first-order valence-corrected chi connectivity index (χ1v) is 10.6. The number of esters is 1. The van der Waals surface area contributed by atoms with Gasteiger partial charge in [-0.25, -0.2) is 0 Å². The third-order valence-electron chi connectivity index (χ3n) is 7.05. The van der Waals surface area contributed by atoms with Gasteiger partial charge in [-0.1, -0.05) is 89.6 Å². The number of carbonyl (C=O) groups excluding carboxylic acids is 1. The Morgan fingerprint density at radius 3 is 2.07 bits per heavy atom. The molecule has 0 heterocycles. The molecule has 148 valence electrons. The molecule has 2 heteroatoms. The molecule has 2 unspecified atom stereocenters. The van der Waals surface area contributed by atoms with Gasteiger partial charge in [0.15, 0.2) is 0 Å². The Hall–Kier alpha value is -2.09. The van der Waals surface area contributed by atoms with Crippen molar-refractivity contribution in [2.45, 2.75) is 82.7 Å². The summed E-state index contributed by atoms with van der Waals surface area (Å²) in [7, 11) is 0. The fourth-order valence-electron chi connectivity index (χ4n) is 5.92. The zero-order valence-corrected chi connectivity index (χ0v) is 17.8. The summed E-state index contributed by atoms with van der Waals surface area (Å²) in [6.07, 6.45) is 3.16. The minimum Gasteiger partial charge on any atom is -0.460 e. The quantitative estimate of drug-likeness (QED) is 0.607. The van der Waals surface area contributed by atoms with Gasteiger partial charge < -0.3 is 4.74 Å². The summed E-state index contributed by atoms with van der Waals surface area (Å²) in [5.74, 6) is -0.0608. The third-order valence-corrected chi connectivity index (χ3v) is 7.05. The molecule has 0 bridgehead atoms. The van der Waals surface area contributed by atoms with Gasteiger partial charge in [0.25, 0.3) is 0 Å². The third kappa shape index (κ3) is 2.57. The van der Waals surface area contributed by atoms with Gasteiger partial charge >= 0.3 is 5.97 Å². The lowest BCUT2D eigenvalue weighted by Crippen LogP contribution is -2.46. The van der Waals surface area contributed by atoms with Crippen LogP contribution in [-0.4, -0.2) is 12.1 Å². The van der Waals surface area contributed by atoms with Crippen molar-refractivity contribution in [3.63, 3.8) is 0 Å². The molecule has 2 atom stereocenters. The van der Waals surface area contributed by atoms with Crippen LogP contribution in [-0.2, 0) is 25.8 Å². The molecule has 0 radical (unpaired) electrons. The van der Waals surface area contributed by atoms with Gasteiger partial charge in [0.1, 0.15) is 6.10 Å². The molecule has 4 rings (SSSR count). The Kier molecular flexibility index (Phi) is 4.45. The van der Waals surface area contributed by atoms with E-state index >= 15 is 0 Å². The van der Waals surface area contributed by atoms with Crippen LogP contribution in [0, 0.1) is 0 Å². The Balaban J connectivity index is 1.92. The molecule has 2 nitrogen and oxygen atoms in total. The number of hydrogen-bond acceptors (Lipinski definition) is 2. The van der Waals surface area contributed by atoms with Crippen LogP contribution in [0.4, 0.5) is 0 Å². The molecule has 2 aromatic carbocycles. The van der Waals surface area contributed by atoms with E-state index in [9.17, 15) is 4.79 Å². The second-order valence-corrected chi connectivity index (χ2v) is 9.82. The maximum Gasteiger partial charge on any atom is 0.306 e. The number of carbonyl (C=O) groups is 1. The predicted molar refractivity (Wildman–Crippen MR) is 114 cm³/mol. The molecule has 2 aliphatic rings. The summed E-state index contributed by atoms with van der Waals surface area (Å²) in [5.41, 5.74) is 4.91. The fraction of sp³-hybridized carbons (Fsp3) is 0.500. The maximum atomic E-state index is 12.8. The van der Waals surface area contributed by atoms with Crippen LogP contribution in [0.2, 0.25) is 0 Å². The van der Waals surface area contributed by atoms with E-state index in [0.29, 0.717) is 6.42 Å². The first kappa shape index (κ1) is 19.2. The van der Waals surface area contributed by atoms with Crippen LogP contribution in [0.25, 0.3) is 0 Å². The zero-order valence-electron chi connectivity index (χ0n) is 17.8. The van der Waals surface area contributed by atoms with E-state index in [1.54, 1.807) is 0 Å². The van der Waals surface area contributed by atoms with Crippen molar-refractivity contribution in [1.82, 2.24) is 0 Å². The number of benzene rings is 2. The molecule has 2 aliphatic carbocycles. The molecule has 0 N–H and O–H groups in total. The summed E-state index contributed by atoms with van der Waals surface area (Å²) in [6.45, 7) is 11.2. The first-order valence-electron chi connectivity index (χ1n) is 10.6. The molecule has 1 spiro atoms. The second-order valence-electron chi connectivity index (χ2n) is 9.82. The van der Waals surface area contributed by atoms with Gasteiger partial charge in [0.2, 0.25) is 0 Å².